The van der Waals surface area contributed by atoms with Gasteiger partial charge >= 0.3 is 11.0 Å². The highest BCUT2D eigenvalue weighted by atomic mass is 32.2. The number of oxazole rings is 1. The minimum atomic E-state index is -5.97. The van der Waals surface area contributed by atoms with E-state index in [2.05, 4.69) is 15.0 Å². The van der Waals surface area contributed by atoms with E-state index in [4.69, 9.17) is 4.42 Å². The van der Waals surface area contributed by atoms with Crippen LogP contribution in [0.3, 0.4) is 0 Å². The van der Waals surface area contributed by atoms with Gasteiger partial charge in [-0.1, -0.05) is 13.8 Å². The molecule has 0 aliphatic heterocycles. The Morgan fingerprint density at radius 3 is 1.76 bits per heavy atom. The molecule has 0 radical (unpaired) electrons. The Bertz CT molecular complexity index is 2840. The highest BCUT2D eigenvalue weighted by molar-refractivity contribution is 7.92. The second kappa shape index (κ2) is 13.9. The van der Waals surface area contributed by atoms with Gasteiger partial charge in [-0.15, -0.1) is 0 Å². The van der Waals surface area contributed by atoms with Crippen molar-refractivity contribution in [2.24, 2.45) is 0 Å². The zero-order valence-corrected chi connectivity index (χ0v) is 30.7. The quantitative estimate of drug-likeness (QED) is 0.138. The molecule has 0 fully saturated rings. The van der Waals surface area contributed by atoms with Gasteiger partial charge in [0.1, 0.15) is 22.7 Å². The van der Waals surface area contributed by atoms with E-state index in [0.29, 0.717) is 24.3 Å². The van der Waals surface area contributed by atoms with Crippen LogP contribution in [0.4, 0.5) is 32.0 Å². The Balaban J connectivity index is 1.67. The van der Waals surface area contributed by atoms with E-state index in [1.807, 2.05) is 5.32 Å². The molecular weight excluding hydrogens is 835 g/mol. The number of benzene rings is 2. The second-order valence-electron chi connectivity index (χ2n) is 11.1. The van der Waals surface area contributed by atoms with Crippen LogP contribution in [0.25, 0.3) is 34.1 Å². The number of rotatable bonds is 10. The van der Waals surface area contributed by atoms with Gasteiger partial charge in [0, 0.05) is 0 Å². The Labute approximate surface area is 306 Å². The molecule has 2 aromatic carbocycles. The number of aromatic nitrogens is 3. The molecule has 5 rings (SSSR count). The van der Waals surface area contributed by atoms with E-state index in [-0.39, 0.29) is 23.0 Å². The number of hydrogen-bond acceptors (Lipinski definition) is 14. The van der Waals surface area contributed by atoms with Gasteiger partial charge in [-0.3, -0.25) is 4.79 Å². The zero-order chi connectivity index (χ0) is 41.1. The van der Waals surface area contributed by atoms with Crippen LogP contribution in [-0.4, -0.2) is 82.2 Å². The van der Waals surface area contributed by atoms with E-state index in [0.717, 1.165) is 30.3 Å². The summed E-state index contributed by atoms with van der Waals surface area (Å²) in [6.45, 7) is 2.46. The van der Waals surface area contributed by atoms with Crippen LogP contribution in [0, 0.1) is 0 Å². The molecule has 0 bridgehead atoms. The van der Waals surface area contributed by atoms with Crippen molar-refractivity contribution in [2.75, 3.05) is 16.8 Å². The molecule has 0 saturated carbocycles. The van der Waals surface area contributed by atoms with Crippen LogP contribution in [0.15, 0.2) is 84.7 Å². The molecule has 0 aliphatic carbocycles. The van der Waals surface area contributed by atoms with Gasteiger partial charge < -0.3 is 14.8 Å². The largest absolute Gasteiger partial charge is 0.506 e. The molecule has 0 saturated heterocycles. The summed E-state index contributed by atoms with van der Waals surface area (Å²) in [4.78, 5) is 21.9. The van der Waals surface area contributed by atoms with Crippen molar-refractivity contribution in [2.45, 2.75) is 44.4 Å². The number of fused-ring (bicyclic) bond motifs is 1. The third-order valence-corrected chi connectivity index (χ3v) is 14.1. The number of amides is 1. The Kier molecular flexibility index (Phi) is 10.3. The normalized spacial score (nSPS) is 13.2. The lowest BCUT2D eigenvalue weighted by Crippen LogP contribution is -2.23. The molecule has 2 N–H and O–H groups in total. The number of halogens is 6. The predicted molar refractivity (Wildman–Crippen MR) is 178 cm³/mol. The van der Waals surface area contributed by atoms with Gasteiger partial charge in [-0.2, -0.15) is 26.3 Å². The number of aromatic hydroxyl groups is 1. The van der Waals surface area contributed by atoms with E-state index in [1.165, 1.54) is 13.8 Å². The number of anilines is 1. The highest BCUT2D eigenvalue weighted by Gasteiger charge is 2.48. The number of nitrogens with one attached hydrogen (secondary N) is 1. The summed E-state index contributed by atoms with van der Waals surface area (Å²) in [6.07, 6.45) is 0. The van der Waals surface area contributed by atoms with Crippen LogP contribution in [0.2, 0.25) is 0 Å². The van der Waals surface area contributed by atoms with Gasteiger partial charge in [-0.25, -0.2) is 48.6 Å². The third-order valence-electron chi connectivity index (χ3n) is 7.63. The molecule has 0 spiro atoms. The number of hydrogen-bond donors (Lipinski definition) is 2. The molecule has 55 heavy (non-hydrogen) atoms. The summed E-state index contributed by atoms with van der Waals surface area (Å²) in [6, 6.07) is 7.16. The number of alkyl halides is 6. The van der Waals surface area contributed by atoms with Crippen LogP contribution >= 0.6 is 0 Å². The molecular formula is C30H22F6N4O11S4. The van der Waals surface area contributed by atoms with Crippen molar-refractivity contribution in [3.8, 4) is 28.7 Å². The summed E-state index contributed by atoms with van der Waals surface area (Å²) in [5.41, 5.74) is -15.2. The van der Waals surface area contributed by atoms with E-state index < -0.39 is 122 Å². The Hall–Kier alpha value is -5.14. The lowest BCUT2D eigenvalue weighted by atomic mass is 10.2. The Morgan fingerprint density at radius 2 is 1.20 bits per heavy atom. The fraction of sp³-hybridized carbons (Fsp3) is 0.200. The molecule has 3 aromatic heterocycles. The summed E-state index contributed by atoms with van der Waals surface area (Å²) in [7, 11) is -20.3. The monoisotopic (exact) mass is 856 g/mol. The summed E-state index contributed by atoms with van der Waals surface area (Å²) in [5, 5.41) is 12.2. The smallest absolute Gasteiger partial charge is 0.501 e. The van der Waals surface area contributed by atoms with Crippen molar-refractivity contribution in [3.05, 3.63) is 66.4 Å². The van der Waals surface area contributed by atoms with E-state index in [1.54, 1.807) is 0 Å². The maximum Gasteiger partial charge on any atom is 0.501 e. The average molecular weight is 857 g/mol. The molecule has 0 aliphatic rings. The van der Waals surface area contributed by atoms with Crippen LogP contribution < -0.4 is 5.32 Å². The van der Waals surface area contributed by atoms with Crippen molar-refractivity contribution >= 4 is 62.0 Å². The van der Waals surface area contributed by atoms with Gasteiger partial charge in [0.2, 0.25) is 5.89 Å². The molecule has 25 heteroatoms. The minimum Gasteiger partial charge on any atom is -0.506 e. The van der Waals surface area contributed by atoms with Gasteiger partial charge in [0.25, 0.3) is 25.6 Å². The second-order valence-corrected chi connectivity index (χ2v) is 19.4. The summed E-state index contributed by atoms with van der Waals surface area (Å²) >= 11 is 0. The van der Waals surface area contributed by atoms with Gasteiger partial charge in [0.15, 0.2) is 25.3 Å². The molecule has 0 unspecified atom stereocenters. The SMILES string of the molecule is CCS(=O)(=O)c1ccc(-c2ccc(S(=O)(=O)CC)c(-c3nc4cc(S(=O)(=O)C(F)(F)F)ccc4o3)n2)nc1C(=O)Nc1cc(S(=O)(=O)C(F)(F)F)ccc1O. The van der Waals surface area contributed by atoms with Crippen molar-refractivity contribution in [3.63, 3.8) is 0 Å². The molecule has 3 heterocycles. The minimum absolute atomic E-state index is 0.274. The standard InChI is InChI=1S/C30H22F6N4O11S4/c1-3-52(43,44)23-11-7-17(37-25(23)27(42)39-19-13-15(5-9-21(19)41)54(47,48)29(31,32)33)18-8-12-24(53(45,46)4-2)26(38-18)28-40-20-14-16(6-10-22(20)51-28)55(49,50)30(34,35)36/h5-14,41H,3-4H2,1-2H3,(H,39,42). The number of sulfone groups is 4. The Morgan fingerprint density at radius 1 is 0.691 bits per heavy atom. The molecule has 5 aromatic rings. The number of carbonyl (C=O) groups excluding carboxylic acids is 1. The topological polar surface area (TPSA) is 238 Å². The average Bonchev–Trinajstić information content (AvgIpc) is 3.54. The maximum atomic E-state index is 13.5. The van der Waals surface area contributed by atoms with Crippen LogP contribution in [-0.2, 0) is 39.3 Å². The van der Waals surface area contributed by atoms with E-state index >= 15 is 0 Å². The zero-order valence-electron chi connectivity index (χ0n) is 27.5. The van der Waals surface area contributed by atoms with Crippen LogP contribution in [0.1, 0.15) is 24.3 Å². The number of nitrogens with zero attached hydrogens (tertiary/aromatic N) is 3. The first-order valence-electron chi connectivity index (χ1n) is 14.9. The number of phenolic OH excluding ortho intramolecular Hbond substituents is 1. The first-order chi connectivity index (χ1) is 25.2. The number of carbonyl (C=O) groups is 1. The van der Waals surface area contributed by atoms with Crippen molar-refractivity contribution in [1.29, 1.82) is 0 Å². The molecule has 1 amide bonds. The number of phenols is 1. The maximum absolute atomic E-state index is 13.5. The lowest BCUT2D eigenvalue weighted by Gasteiger charge is -2.14. The highest BCUT2D eigenvalue weighted by Crippen LogP contribution is 2.37. The van der Waals surface area contributed by atoms with Crippen LogP contribution in [0.5, 0.6) is 5.75 Å². The van der Waals surface area contributed by atoms with Crippen molar-refractivity contribution < 1.29 is 74.3 Å². The van der Waals surface area contributed by atoms with Crippen molar-refractivity contribution in [1.82, 2.24) is 15.0 Å². The molecule has 294 valence electrons. The first kappa shape index (κ1) is 41.0. The van der Waals surface area contributed by atoms with E-state index in [9.17, 15) is 69.9 Å². The van der Waals surface area contributed by atoms with Gasteiger partial charge in [0.05, 0.1) is 48.2 Å². The fourth-order valence-electron chi connectivity index (χ4n) is 4.71. The lowest BCUT2D eigenvalue weighted by molar-refractivity contribution is -0.0442. The van der Waals surface area contributed by atoms with Gasteiger partial charge in [-0.05, 0) is 60.7 Å². The first-order valence-corrected chi connectivity index (χ1v) is 21.2. The molecule has 0 atom stereocenters. The third kappa shape index (κ3) is 7.59. The predicted octanol–water partition coefficient (Wildman–Crippen LogP) is 5.08. The number of pyridine rings is 2. The fourth-order valence-corrected chi connectivity index (χ4v) is 8.32. The summed E-state index contributed by atoms with van der Waals surface area (Å²) < 4.78 is 185. The summed E-state index contributed by atoms with van der Waals surface area (Å²) in [5.74, 6) is -4.14. The molecule has 15 nitrogen and oxygen atoms in total.